The standard InChI is InChI=1S/C16H12N2/c1-17-15(13-9-5-3-6-10-13)16(18-2)14-11-7-4-8-12-14/h3-12,15-16H. The molecule has 0 aliphatic heterocycles. The molecule has 0 aromatic heterocycles. The quantitative estimate of drug-likeness (QED) is 0.697. The van der Waals surface area contributed by atoms with Gasteiger partial charge in [0.25, 0.3) is 0 Å². The summed E-state index contributed by atoms with van der Waals surface area (Å²) in [4.78, 5) is 7.28. The largest absolute Gasteiger partial charge is 0.326 e. The lowest BCUT2D eigenvalue weighted by atomic mass is 9.95. The normalized spacial score (nSPS) is 13.0. The average molecular weight is 232 g/mol. The lowest BCUT2D eigenvalue weighted by Crippen LogP contribution is -2.04. The first-order valence-electron chi connectivity index (χ1n) is 5.70. The number of hydrogen-bond donors (Lipinski definition) is 0. The van der Waals surface area contributed by atoms with Crippen LogP contribution >= 0.6 is 0 Å². The fraction of sp³-hybridized carbons (Fsp3) is 0.125. The van der Waals surface area contributed by atoms with E-state index >= 15 is 0 Å². The lowest BCUT2D eigenvalue weighted by Gasteiger charge is -2.08. The van der Waals surface area contributed by atoms with Crippen molar-refractivity contribution in [2.75, 3.05) is 0 Å². The SMILES string of the molecule is [C-]#[N+]C(c1ccccc1)C([N+]#[C-])c1ccccc1. The van der Waals surface area contributed by atoms with Gasteiger partial charge in [-0.25, -0.2) is 13.1 Å². The van der Waals surface area contributed by atoms with Crippen molar-refractivity contribution in [3.63, 3.8) is 0 Å². The maximum absolute atomic E-state index is 7.36. The van der Waals surface area contributed by atoms with E-state index in [2.05, 4.69) is 9.69 Å². The van der Waals surface area contributed by atoms with Crippen LogP contribution in [0.4, 0.5) is 0 Å². The van der Waals surface area contributed by atoms with Crippen LogP contribution in [0, 0.1) is 13.1 Å². The van der Waals surface area contributed by atoms with Crippen LogP contribution in [0.3, 0.4) is 0 Å². The van der Waals surface area contributed by atoms with Crippen molar-refractivity contribution < 1.29 is 0 Å². The molecular weight excluding hydrogens is 220 g/mol. The molecule has 0 bridgehead atoms. The minimum atomic E-state index is -0.439. The monoisotopic (exact) mass is 232 g/mol. The molecule has 0 aliphatic carbocycles. The van der Waals surface area contributed by atoms with Crippen molar-refractivity contribution >= 4 is 0 Å². The molecule has 0 radical (unpaired) electrons. The Morgan fingerprint density at radius 3 is 1.22 bits per heavy atom. The summed E-state index contributed by atoms with van der Waals surface area (Å²) < 4.78 is 0. The first-order valence-corrected chi connectivity index (χ1v) is 5.70. The molecule has 2 unspecified atom stereocenters. The molecule has 0 spiro atoms. The Hall–Kier alpha value is -2.58. The summed E-state index contributed by atoms with van der Waals surface area (Å²) in [5.41, 5.74) is 1.80. The molecule has 2 aromatic carbocycles. The van der Waals surface area contributed by atoms with Crippen molar-refractivity contribution in [3.8, 4) is 0 Å². The predicted molar refractivity (Wildman–Crippen MR) is 71.6 cm³/mol. The molecule has 0 fully saturated rings. The fourth-order valence-electron chi connectivity index (χ4n) is 1.96. The second-order valence-electron chi connectivity index (χ2n) is 3.97. The van der Waals surface area contributed by atoms with Gasteiger partial charge in [0.05, 0.1) is 0 Å². The van der Waals surface area contributed by atoms with E-state index in [9.17, 15) is 0 Å². The molecule has 0 saturated carbocycles. The molecule has 0 N–H and O–H groups in total. The molecule has 2 nitrogen and oxygen atoms in total. The zero-order valence-electron chi connectivity index (χ0n) is 9.82. The van der Waals surface area contributed by atoms with Gasteiger partial charge in [-0.2, -0.15) is 0 Å². The lowest BCUT2D eigenvalue weighted by molar-refractivity contribution is 0.729. The first-order chi connectivity index (χ1) is 8.86. The molecular formula is C16H12N2. The second-order valence-corrected chi connectivity index (χ2v) is 3.97. The molecule has 18 heavy (non-hydrogen) atoms. The molecule has 0 aliphatic rings. The average Bonchev–Trinajstić information content (AvgIpc) is 2.46. The Balaban J connectivity index is 2.39. The van der Waals surface area contributed by atoms with E-state index < -0.39 is 12.1 Å². The maximum Gasteiger partial charge on any atom is 0.326 e. The molecule has 86 valence electrons. The van der Waals surface area contributed by atoms with Gasteiger partial charge in [0.15, 0.2) is 0 Å². The van der Waals surface area contributed by atoms with Gasteiger partial charge in [0.2, 0.25) is 0 Å². The minimum Gasteiger partial charge on any atom is -0.299 e. The molecule has 0 heterocycles. The van der Waals surface area contributed by atoms with Crippen molar-refractivity contribution in [1.82, 2.24) is 0 Å². The van der Waals surface area contributed by atoms with E-state index in [1.54, 1.807) is 0 Å². The number of nitrogens with zero attached hydrogens (tertiary/aromatic N) is 2. The van der Waals surface area contributed by atoms with Crippen molar-refractivity contribution in [3.05, 3.63) is 94.6 Å². The third-order valence-electron chi connectivity index (χ3n) is 2.86. The predicted octanol–water partition coefficient (Wildman–Crippen LogP) is 4.31. The summed E-state index contributed by atoms with van der Waals surface area (Å²) in [6, 6.07) is 18.2. The maximum atomic E-state index is 7.36. The van der Waals surface area contributed by atoms with Gasteiger partial charge < -0.3 is 0 Å². The Kier molecular flexibility index (Phi) is 3.74. The van der Waals surface area contributed by atoms with Crippen molar-refractivity contribution in [2.24, 2.45) is 0 Å². The van der Waals surface area contributed by atoms with Gasteiger partial charge in [0.1, 0.15) is 0 Å². The van der Waals surface area contributed by atoms with Crippen LogP contribution in [0.15, 0.2) is 60.7 Å². The van der Waals surface area contributed by atoms with E-state index in [1.165, 1.54) is 0 Å². The van der Waals surface area contributed by atoms with E-state index in [0.717, 1.165) is 11.1 Å². The number of hydrogen-bond acceptors (Lipinski definition) is 0. The molecule has 2 atom stereocenters. The Morgan fingerprint density at radius 2 is 0.944 bits per heavy atom. The van der Waals surface area contributed by atoms with Crippen LogP contribution in [-0.4, -0.2) is 0 Å². The van der Waals surface area contributed by atoms with Gasteiger partial charge >= 0.3 is 12.1 Å². The van der Waals surface area contributed by atoms with Crippen LogP contribution in [0.1, 0.15) is 23.2 Å². The van der Waals surface area contributed by atoms with Crippen LogP contribution in [-0.2, 0) is 0 Å². The van der Waals surface area contributed by atoms with Crippen LogP contribution in [0.2, 0.25) is 0 Å². The van der Waals surface area contributed by atoms with Gasteiger partial charge in [-0.1, -0.05) is 60.7 Å². The van der Waals surface area contributed by atoms with Crippen LogP contribution < -0.4 is 0 Å². The Labute approximate surface area is 107 Å². The molecule has 0 saturated heterocycles. The highest BCUT2D eigenvalue weighted by Gasteiger charge is 2.34. The summed E-state index contributed by atoms with van der Waals surface area (Å²) in [6.45, 7) is 14.7. The highest BCUT2D eigenvalue weighted by molar-refractivity contribution is 5.31. The zero-order valence-corrected chi connectivity index (χ0v) is 9.82. The summed E-state index contributed by atoms with van der Waals surface area (Å²) in [5, 5.41) is 0. The topological polar surface area (TPSA) is 8.72 Å². The summed E-state index contributed by atoms with van der Waals surface area (Å²) >= 11 is 0. The minimum absolute atomic E-state index is 0.439. The fourth-order valence-corrected chi connectivity index (χ4v) is 1.96. The molecule has 2 rings (SSSR count). The Morgan fingerprint density at radius 1 is 0.611 bits per heavy atom. The number of rotatable bonds is 3. The zero-order chi connectivity index (χ0) is 12.8. The third kappa shape index (κ3) is 2.39. The number of benzene rings is 2. The summed E-state index contributed by atoms with van der Waals surface area (Å²) in [7, 11) is 0. The molecule has 2 aromatic rings. The second kappa shape index (κ2) is 5.66. The van der Waals surface area contributed by atoms with Gasteiger partial charge in [-0.3, -0.25) is 9.69 Å². The van der Waals surface area contributed by atoms with Crippen molar-refractivity contribution in [1.29, 1.82) is 0 Å². The molecule has 0 amide bonds. The summed E-state index contributed by atoms with van der Waals surface area (Å²) in [6.07, 6.45) is 0. The van der Waals surface area contributed by atoms with E-state index in [1.807, 2.05) is 60.7 Å². The van der Waals surface area contributed by atoms with E-state index in [-0.39, 0.29) is 0 Å². The highest BCUT2D eigenvalue weighted by Crippen LogP contribution is 2.35. The highest BCUT2D eigenvalue weighted by atomic mass is 14.8. The molecule has 2 heteroatoms. The summed E-state index contributed by atoms with van der Waals surface area (Å²) in [5.74, 6) is 0. The van der Waals surface area contributed by atoms with Gasteiger partial charge in [-0.15, -0.1) is 0 Å². The smallest absolute Gasteiger partial charge is 0.299 e. The van der Waals surface area contributed by atoms with E-state index in [4.69, 9.17) is 13.1 Å². The van der Waals surface area contributed by atoms with Crippen LogP contribution in [0.5, 0.6) is 0 Å². The third-order valence-corrected chi connectivity index (χ3v) is 2.86. The first kappa shape index (κ1) is 11.9. The van der Waals surface area contributed by atoms with Gasteiger partial charge in [0, 0.05) is 11.1 Å². The van der Waals surface area contributed by atoms with Gasteiger partial charge in [-0.05, 0) is 0 Å². The van der Waals surface area contributed by atoms with E-state index in [0.29, 0.717) is 0 Å². The Bertz CT molecular complexity index is 520. The van der Waals surface area contributed by atoms with Crippen LogP contribution in [0.25, 0.3) is 9.69 Å². The van der Waals surface area contributed by atoms with Crippen molar-refractivity contribution in [2.45, 2.75) is 12.1 Å².